The Balaban J connectivity index is 1.57. The second-order valence-electron chi connectivity index (χ2n) is 8.04. The van der Waals surface area contributed by atoms with Crippen LogP contribution in [0.2, 0.25) is 0 Å². The lowest BCUT2D eigenvalue weighted by molar-refractivity contribution is -0.135. The summed E-state index contributed by atoms with van der Waals surface area (Å²) in [7, 11) is 0. The van der Waals surface area contributed by atoms with Gasteiger partial charge in [0, 0.05) is 54.4 Å². The SMILES string of the molecule is CC(C)(C)c1ncc2c(n1)CN(C(=O)[C@@H](Cc1cnc[nH]1)n1cccc1)C2. The number of aromatic nitrogens is 5. The van der Waals surface area contributed by atoms with Gasteiger partial charge in [0.15, 0.2) is 0 Å². The van der Waals surface area contributed by atoms with Crippen LogP contribution in [0.25, 0.3) is 0 Å². The lowest BCUT2D eigenvalue weighted by Gasteiger charge is -2.24. The lowest BCUT2D eigenvalue weighted by Crippen LogP contribution is -2.34. The van der Waals surface area contributed by atoms with Crippen molar-refractivity contribution in [2.24, 2.45) is 0 Å². The molecule has 4 heterocycles. The number of hydrogen-bond donors (Lipinski definition) is 1. The first-order valence-corrected chi connectivity index (χ1v) is 9.15. The van der Waals surface area contributed by atoms with E-state index in [9.17, 15) is 4.79 Å². The molecule has 3 aromatic rings. The van der Waals surface area contributed by atoms with E-state index in [0.29, 0.717) is 19.5 Å². The molecular weight excluding hydrogens is 340 g/mol. The Morgan fingerprint density at radius 2 is 2.00 bits per heavy atom. The van der Waals surface area contributed by atoms with Crippen LogP contribution >= 0.6 is 0 Å². The largest absolute Gasteiger partial charge is 0.348 e. The number of carbonyl (C=O) groups is 1. The smallest absolute Gasteiger partial charge is 0.246 e. The number of hydrogen-bond acceptors (Lipinski definition) is 4. The normalized spacial score (nSPS) is 15.0. The van der Waals surface area contributed by atoms with Crippen LogP contribution in [0.1, 0.15) is 49.6 Å². The molecule has 0 aliphatic carbocycles. The predicted octanol–water partition coefficient (Wildman–Crippen LogP) is 2.62. The van der Waals surface area contributed by atoms with Crippen LogP contribution in [-0.2, 0) is 29.7 Å². The number of rotatable bonds is 4. The Kier molecular flexibility index (Phi) is 4.30. The summed E-state index contributed by atoms with van der Waals surface area (Å²) in [6.07, 6.45) is 9.71. The van der Waals surface area contributed by atoms with Crippen LogP contribution in [-0.4, -0.2) is 35.3 Å². The van der Waals surface area contributed by atoms with Crippen molar-refractivity contribution < 1.29 is 4.79 Å². The highest BCUT2D eigenvalue weighted by Gasteiger charge is 2.32. The monoisotopic (exact) mass is 364 g/mol. The summed E-state index contributed by atoms with van der Waals surface area (Å²) in [4.78, 5) is 31.6. The first-order chi connectivity index (χ1) is 12.9. The van der Waals surface area contributed by atoms with E-state index in [4.69, 9.17) is 4.98 Å². The average Bonchev–Trinajstić information content (AvgIpc) is 3.38. The van der Waals surface area contributed by atoms with E-state index >= 15 is 0 Å². The van der Waals surface area contributed by atoms with Gasteiger partial charge < -0.3 is 14.5 Å². The molecule has 0 radical (unpaired) electrons. The van der Waals surface area contributed by atoms with Gasteiger partial charge in [-0.2, -0.15) is 0 Å². The Bertz CT molecular complexity index is 924. The third kappa shape index (κ3) is 3.49. The third-order valence-corrected chi connectivity index (χ3v) is 4.88. The molecule has 1 amide bonds. The topological polar surface area (TPSA) is 79.7 Å². The third-order valence-electron chi connectivity index (χ3n) is 4.88. The van der Waals surface area contributed by atoms with Gasteiger partial charge in [0.1, 0.15) is 11.9 Å². The molecule has 4 rings (SSSR count). The molecule has 0 aromatic carbocycles. The maximum atomic E-state index is 13.3. The molecule has 0 saturated heterocycles. The quantitative estimate of drug-likeness (QED) is 0.772. The van der Waals surface area contributed by atoms with Gasteiger partial charge in [-0.15, -0.1) is 0 Å². The fraction of sp³-hybridized carbons (Fsp3) is 0.400. The summed E-state index contributed by atoms with van der Waals surface area (Å²) in [5, 5.41) is 0. The number of H-pyrrole nitrogens is 1. The van der Waals surface area contributed by atoms with E-state index in [1.807, 2.05) is 40.2 Å². The molecule has 7 heteroatoms. The van der Waals surface area contributed by atoms with Gasteiger partial charge in [-0.25, -0.2) is 15.0 Å². The Labute approximate surface area is 158 Å². The van der Waals surface area contributed by atoms with Gasteiger partial charge in [0.2, 0.25) is 5.91 Å². The molecule has 1 aliphatic heterocycles. The molecule has 27 heavy (non-hydrogen) atoms. The zero-order valence-corrected chi connectivity index (χ0v) is 15.9. The number of imidazole rings is 1. The fourth-order valence-corrected chi connectivity index (χ4v) is 3.36. The second kappa shape index (κ2) is 6.64. The fourth-order valence-electron chi connectivity index (χ4n) is 3.36. The first-order valence-electron chi connectivity index (χ1n) is 9.15. The van der Waals surface area contributed by atoms with Crippen molar-refractivity contribution in [1.82, 2.24) is 29.4 Å². The zero-order chi connectivity index (χ0) is 19.0. The van der Waals surface area contributed by atoms with E-state index in [-0.39, 0.29) is 17.4 Å². The Morgan fingerprint density at radius 1 is 1.22 bits per heavy atom. The molecule has 1 atom stereocenters. The number of carbonyl (C=O) groups excluding carboxylic acids is 1. The van der Waals surface area contributed by atoms with E-state index in [1.54, 1.807) is 12.5 Å². The maximum Gasteiger partial charge on any atom is 0.246 e. The van der Waals surface area contributed by atoms with Crippen LogP contribution in [0.5, 0.6) is 0 Å². The minimum atomic E-state index is -0.315. The van der Waals surface area contributed by atoms with Gasteiger partial charge in [0.05, 0.1) is 18.6 Å². The molecule has 1 N–H and O–H groups in total. The van der Waals surface area contributed by atoms with Crippen LogP contribution in [0.4, 0.5) is 0 Å². The van der Waals surface area contributed by atoms with Crippen LogP contribution in [0.3, 0.4) is 0 Å². The minimum absolute atomic E-state index is 0.0797. The molecular formula is C20H24N6O. The second-order valence-corrected chi connectivity index (χ2v) is 8.04. The number of fused-ring (bicyclic) bond motifs is 1. The number of amides is 1. The van der Waals surface area contributed by atoms with Crippen LogP contribution < -0.4 is 0 Å². The van der Waals surface area contributed by atoms with Crippen LogP contribution in [0, 0.1) is 0 Å². The molecule has 0 spiro atoms. The zero-order valence-electron chi connectivity index (χ0n) is 15.9. The van der Waals surface area contributed by atoms with Crippen molar-refractivity contribution in [3.63, 3.8) is 0 Å². The Morgan fingerprint density at radius 3 is 2.67 bits per heavy atom. The molecule has 0 fully saturated rings. The highest BCUT2D eigenvalue weighted by atomic mass is 16.2. The highest BCUT2D eigenvalue weighted by molar-refractivity contribution is 5.81. The van der Waals surface area contributed by atoms with Crippen molar-refractivity contribution in [3.05, 3.63) is 66.0 Å². The summed E-state index contributed by atoms with van der Waals surface area (Å²) in [5.74, 6) is 0.895. The van der Waals surface area contributed by atoms with Crippen molar-refractivity contribution in [2.45, 2.75) is 51.7 Å². The molecule has 3 aromatic heterocycles. The average molecular weight is 364 g/mol. The van der Waals surface area contributed by atoms with Gasteiger partial charge >= 0.3 is 0 Å². The van der Waals surface area contributed by atoms with Crippen molar-refractivity contribution in [3.8, 4) is 0 Å². The maximum absolute atomic E-state index is 13.3. The summed E-state index contributed by atoms with van der Waals surface area (Å²) in [5.41, 5.74) is 2.81. The van der Waals surface area contributed by atoms with E-state index < -0.39 is 0 Å². The van der Waals surface area contributed by atoms with E-state index in [1.165, 1.54) is 0 Å². The van der Waals surface area contributed by atoms with Gasteiger partial charge in [-0.05, 0) is 12.1 Å². The first kappa shape index (κ1) is 17.5. The summed E-state index contributed by atoms with van der Waals surface area (Å²) in [6, 6.07) is 3.56. The molecule has 140 valence electrons. The molecule has 0 unspecified atom stereocenters. The lowest BCUT2D eigenvalue weighted by atomic mass is 9.95. The predicted molar refractivity (Wildman–Crippen MR) is 101 cm³/mol. The van der Waals surface area contributed by atoms with Crippen molar-refractivity contribution in [1.29, 1.82) is 0 Å². The number of aromatic amines is 1. The van der Waals surface area contributed by atoms with Gasteiger partial charge in [-0.1, -0.05) is 20.8 Å². The van der Waals surface area contributed by atoms with Gasteiger partial charge in [0.25, 0.3) is 0 Å². The molecule has 1 aliphatic rings. The standard InChI is InChI=1S/C20H24N6O/c1-20(2,3)19-22-9-14-11-26(12-16(14)24-19)18(27)17(25-6-4-5-7-25)8-15-10-21-13-23-15/h4-7,9-10,13,17H,8,11-12H2,1-3H3,(H,21,23)/t17-/m1/s1. The van der Waals surface area contributed by atoms with Gasteiger partial charge in [-0.3, -0.25) is 4.79 Å². The van der Waals surface area contributed by atoms with E-state index in [0.717, 1.165) is 22.8 Å². The van der Waals surface area contributed by atoms with Crippen molar-refractivity contribution in [2.75, 3.05) is 0 Å². The molecule has 0 saturated carbocycles. The number of nitrogens with one attached hydrogen (secondary N) is 1. The Hall–Kier alpha value is -2.96. The number of nitrogens with zero attached hydrogens (tertiary/aromatic N) is 5. The van der Waals surface area contributed by atoms with Crippen LogP contribution in [0.15, 0.2) is 43.2 Å². The molecule has 7 nitrogen and oxygen atoms in total. The molecule has 0 bridgehead atoms. The van der Waals surface area contributed by atoms with E-state index in [2.05, 4.69) is 35.7 Å². The van der Waals surface area contributed by atoms with Crippen molar-refractivity contribution >= 4 is 5.91 Å². The minimum Gasteiger partial charge on any atom is -0.348 e. The summed E-state index contributed by atoms with van der Waals surface area (Å²) >= 11 is 0. The summed E-state index contributed by atoms with van der Waals surface area (Å²) < 4.78 is 1.96. The highest BCUT2D eigenvalue weighted by Crippen LogP contribution is 2.27. The summed E-state index contributed by atoms with van der Waals surface area (Å²) in [6.45, 7) is 7.37.